The van der Waals surface area contributed by atoms with Crippen LogP contribution in [0.25, 0.3) is 10.9 Å². The van der Waals surface area contributed by atoms with E-state index < -0.39 is 0 Å². The third-order valence-corrected chi connectivity index (χ3v) is 3.80. The maximum atomic E-state index is 12.2. The molecule has 1 heterocycles. The second-order valence-electron chi connectivity index (χ2n) is 5.09. The maximum absolute atomic E-state index is 12.2. The molecule has 0 aliphatic carbocycles. The van der Waals surface area contributed by atoms with Crippen molar-refractivity contribution >= 4 is 28.4 Å². The minimum atomic E-state index is -0.124. The van der Waals surface area contributed by atoms with Crippen LogP contribution in [0.5, 0.6) is 5.75 Å². The van der Waals surface area contributed by atoms with Gasteiger partial charge in [0.05, 0.1) is 18.8 Å². The molecule has 118 valence electrons. The van der Waals surface area contributed by atoms with E-state index in [1.54, 1.807) is 30.1 Å². The molecular formula is C17H16ClN3O2. The molecule has 6 heteroatoms. The molecule has 2 aromatic carbocycles. The zero-order valence-corrected chi connectivity index (χ0v) is 13.4. The van der Waals surface area contributed by atoms with E-state index in [0.29, 0.717) is 11.6 Å². The third kappa shape index (κ3) is 3.46. The smallest absolute Gasteiger partial charge is 0.242 e. The van der Waals surface area contributed by atoms with Crippen LogP contribution in [0, 0.1) is 0 Å². The van der Waals surface area contributed by atoms with E-state index in [0.717, 1.165) is 22.2 Å². The van der Waals surface area contributed by atoms with Crippen LogP contribution in [-0.4, -0.2) is 22.8 Å². The summed E-state index contributed by atoms with van der Waals surface area (Å²) in [4.78, 5) is 12.2. The highest BCUT2D eigenvalue weighted by Gasteiger charge is 2.09. The zero-order chi connectivity index (χ0) is 16.2. The molecule has 0 aliphatic rings. The number of ether oxygens (including phenoxy) is 1. The van der Waals surface area contributed by atoms with Gasteiger partial charge in [0.15, 0.2) is 0 Å². The quantitative estimate of drug-likeness (QED) is 0.783. The fraction of sp³-hybridized carbons (Fsp3) is 0.176. The number of amides is 1. The number of rotatable bonds is 5. The molecule has 0 saturated carbocycles. The van der Waals surface area contributed by atoms with Crippen molar-refractivity contribution in [2.45, 2.75) is 13.1 Å². The minimum absolute atomic E-state index is 0.124. The Morgan fingerprint density at radius 3 is 2.96 bits per heavy atom. The predicted molar refractivity (Wildman–Crippen MR) is 89.6 cm³/mol. The average molecular weight is 330 g/mol. The monoisotopic (exact) mass is 329 g/mol. The molecule has 1 aromatic heterocycles. The molecule has 0 bridgehead atoms. The summed E-state index contributed by atoms with van der Waals surface area (Å²) >= 11 is 6.00. The van der Waals surface area contributed by atoms with E-state index in [9.17, 15) is 4.79 Å². The van der Waals surface area contributed by atoms with E-state index >= 15 is 0 Å². The summed E-state index contributed by atoms with van der Waals surface area (Å²) in [7, 11) is 1.61. The highest BCUT2D eigenvalue weighted by atomic mass is 35.5. The molecule has 0 fully saturated rings. The fourth-order valence-corrected chi connectivity index (χ4v) is 2.57. The number of aromatic nitrogens is 2. The number of nitrogens with one attached hydrogen (secondary N) is 1. The largest absolute Gasteiger partial charge is 0.496 e. The fourth-order valence-electron chi connectivity index (χ4n) is 2.40. The Morgan fingerprint density at radius 2 is 2.13 bits per heavy atom. The van der Waals surface area contributed by atoms with Crippen molar-refractivity contribution in [2.75, 3.05) is 7.11 Å². The Balaban J connectivity index is 1.68. The lowest BCUT2D eigenvalue weighted by Gasteiger charge is -2.10. The summed E-state index contributed by atoms with van der Waals surface area (Å²) in [6, 6.07) is 13.1. The van der Waals surface area contributed by atoms with Crippen LogP contribution < -0.4 is 10.1 Å². The van der Waals surface area contributed by atoms with Gasteiger partial charge in [0.2, 0.25) is 5.91 Å². The Bertz CT molecular complexity index is 845. The summed E-state index contributed by atoms with van der Waals surface area (Å²) in [6.07, 6.45) is 1.72. The number of fused-ring (bicyclic) bond motifs is 1. The Hall–Kier alpha value is -2.53. The van der Waals surface area contributed by atoms with Gasteiger partial charge in [-0.1, -0.05) is 29.8 Å². The van der Waals surface area contributed by atoms with E-state index in [1.165, 1.54) is 0 Å². The molecule has 0 aliphatic heterocycles. The first kappa shape index (κ1) is 15.4. The number of carbonyl (C=O) groups excluding carboxylic acids is 1. The molecule has 0 radical (unpaired) electrons. The molecule has 3 aromatic rings. The number of methoxy groups -OCH3 is 1. The number of carbonyl (C=O) groups is 1. The van der Waals surface area contributed by atoms with Gasteiger partial charge in [0.1, 0.15) is 12.3 Å². The Kier molecular flexibility index (Phi) is 4.48. The normalized spacial score (nSPS) is 10.7. The Labute approximate surface area is 138 Å². The average Bonchev–Trinajstić information content (AvgIpc) is 2.95. The lowest BCUT2D eigenvalue weighted by atomic mass is 10.2. The van der Waals surface area contributed by atoms with E-state index in [2.05, 4.69) is 10.4 Å². The molecule has 5 nitrogen and oxygen atoms in total. The third-order valence-electron chi connectivity index (χ3n) is 3.57. The first-order valence-electron chi connectivity index (χ1n) is 7.17. The van der Waals surface area contributed by atoms with E-state index in [-0.39, 0.29) is 12.5 Å². The molecule has 23 heavy (non-hydrogen) atoms. The van der Waals surface area contributed by atoms with Crippen molar-refractivity contribution in [1.82, 2.24) is 15.1 Å². The standard InChI is InChI=1S/C17H16ClN3O2/c1-23-16-5-3-2-4-13(16)9-19-17(22)11-21-15-8-14(18)7-6-12(15)10-20-21/h2-8,10H,9,11H2,1H3,(H,19,22). The maximum Gasteiger partial charge on any atom is 0.242 e. The van der Waals surface area contributed by atoms with Gasteiger partial charge in [-0.15, -0.1) is 0 Å². The van der Waals surface area contributed by atoms with Crippen LogP contribution in [0.15, 0.2) is 48.7 Å². The van der Waals surface area contributed by atoms with Gasteiger partial charge in [-0.25, -0.2) is 0 Å². The topological polar surface area (TPSA) is 56.1 Å². The molecular weight excluding hydrogens is 314 g/mol. The minimum Gasteiger partial charge on any atom is -0.496 e. The molecule has 0 atom stereocenters. The van der Waals surface area contributed by atoms with E-state index in [4.69, 9.17) is 16.3 Å². The van der Waals surface area contributed by atoms with Crippen LogP contribution in [0.1, 0.15) is 5.56 Å². The van der Waals surface area contributed by atoms with Crippen molar-refractivity contribution in [3.05, 3.63) is 59.2 Å². The summed E-state index contributed by atoms with van der Waals surface area (Å²) in [5.41, 5.74) is 1.77. The SMILES string of the molecule is COc1ccccc1CNC(=O)Cn1ncc2ccc(Cl)cc21. The number of hydrogen-bond acceptors (Lipinski definition) is 3. The summed E-state index contributed by atoms with van der Waals surface area (Å²) in [5, 5.41) is 8.69. The first-order chi connectivity index (χ1) is 11.2. The van der Waals surface area contributed by atoms with Gasteiger partial charge in [0.25, 0.3) is 0 Å². The van der Waals surface area contributed by atoms with Crippen molar-refractivity contribution in [3.8, 4) is 5.75 Å². The van der Waals surface area contributed by atoms with Crippen LogP contribution >= 0.6 is 11.6 Å². The van der Waals surface area contributed by atoms with Gasteiger partial charge >= 0.3 is 0 Å². The van der Waals surface area contributed by atoms with Crippen molar-refractivity contribution in [1.29, 1.82) is 0 Å². The zero-order valence-electron chi connectivity index (χ0n) is 12.6. The second kappa shape index (κ2) is 6.71. The van der Waals surface area contributed by atoms with Crippen LogP contribution in [0.4, 0.5) is 0 Å². The van der Waals surface area contributed by atoms with Crippen LogP contribution in [-0.2, 0) is 17.9 Å². The predicted octanol–water partition coefficient (Wildman–Crippen LogP) is 3.01. The summed E-state index contributed by atoms with van der Waals surface area (Å²) < 4.78 is 6.91. The molecule has 3 rings (SSSR count). The molecule has 0 saturated heterocycles. The van der Waals surface area contributed by atoms with Crippen molar-refractivity contribution < 1.29 is 9.53 Å². The number of nitrogens with zero attached hydrogens (tertiary/aromatic N) is 2. The summed E-state index contributed by atoms with van der Waals surface area (Å²) in [5.74, 6) is 0.630. The van der Waals surface area contributed by atoms with Crippen molar-refractivity contribution in [3.63, 3.8) is 0 Å². The number of benzene rings is 2. The van der Waals surface area contributed by atoms with Gasteiger partial charge in [-0.05, 0) is 24.3 Å². The first-order valence-corrected chi connectivity index (χ1v) is 7.55. The lowest BCUT2D eigenvalue weighted by Crippen LogP contribution is -2.27. The molecule has 1 amide bonds. The molecule has 0 spiro atoms. The number of halogens is 1. The van der Waals surface area contributed by atoms with E-state index in [1.807, 2.05) is 30.3 Å². The molecule has 0 unspecified atom stereocenters. The van der Waals surface area contributed by atoms with Gasteiger partial charge in [-0.3, -0.25) is 9.48 Å². The highest BCUT2D eigenvalue weighted by Crippen LogP contribution is 2.19. The lowest BCUT2D eigenvalue weighted by molar-refractivity contribution is -0.121. The van der Waals surface area contributed by atoms with Crippen LogP contribution in [0.2, 0.25) is 5.02 Å². The second-order valence-corrected chi connectivity index (χ2v) is 5.53. The van der Waals surface area contributed by atoms with Gasteiger partial charge in [0, 0.05) is 22.5 Å². The highest BCUT2D eigenvalue weighted by molar-refractivity contribution is 6.31. The number of hydrogen-bond donors (Lipinski definition) is 1. The van der Waals surface area contributed by atoms with Crippen molar-refractivity contribution in [2.24, 2.45) is 0 Å². The Morgan fingerprint density at radius 1 is 1.30 bits per heavy atom. The molecule has 1 N–H and O–H groups in total. The number of para-hydroxylation sites is 1. The van der Waals surface area contributed by atoms with Gasteiger partial charge in [-0.2, -0.15) is 5.10 Å². The van der Waals surface area contributed by atoms with Crippen LogP contribution in [0.3, 0.4) is 0 Å². The van der Waals surface area contributed by atoms with Gasteiger partial charge < -0.3 is 10.1 Å². The summed E-state index contributed by atoms with van der Waals surface area (Å²) in [6.45, 7) is 0.543.